The molecule has 0 aliphatic heterocycles. The number of rotatable bonds is 4. The molecular formula is C20H21PSb. The molecule has 0 aliphatic carbocycles. The Hall–Kier alpha value is -1.09. The van der Waals surface area contributed by atoms with Gasteiger partial charge in [-0.3, -0.25) is 0 Å². The van der Waals surface area contributed by atoms with E-state index in [1.165, 1.54) is 22.1 Å². The topological polar surface area (TPSA) is 0 Å². The smallest absolute Gasteiger partial charge is 0 e. The summed E-state index contributed by atoms with van der Waals surface area (Å²) in [5.41, 5.74) is 0. The van der Waals surface area contributed by atoms with Crippen molar-refractivity contribution in [1.82, 2.24) is 0 Å². The molecule has 0 spiro atoms. The van der Waals surface area contributed by atoms with E-state index in [2.05, 4.69) is 97.9 Å². The van der Waals surface area contributed by atoms with Crippen LogP contribution in [-0.4, -0.2) is 30.6 Å². The first-order valence-corrected chi connectivity index (χ1v) is 9.75. The summed E-state index contributed by atoms with van der Waals surface area (Å²) in [5, 5.41) is 4.47. The monoisotopic (exact) mass is 413 g/mol. The maximum atomic E-state index is 2.33. The molecule has 111 valence electrons. The van der Waals surface area contributed by atoms with Crippen molar-refractivity contribution in [1.29, 1.82) is 0 Å². The van der Waals surface area contributed by atoms with Crippen LogP contribution in [0.15, 0.2) is 91.0 Å². The minimum absolute atomic E-state index is 0. The Morgan fingerprint density at radius 2 is 0.818 bits per heavy atom. The summed E-state index contributed by atoms with van der Waals surface area (Å²) in [6.07, 6.45) is 1.17. The van der Waals surface area contributed by atoms with Crippen molar-refractivity contribution in [2.75, 3.05) is 6.16 Å². The first kappa shape index (κ1) is 17.3. The van der Waals surface area contributed by atoms with Crippen molar-refractivity contribution in [3.8, 4) is 0 Å². The standard InChI is InChI=1S/C20H21P.Sb/c1-2-21(18-12-6-3-7-13-18,19-14-8-4-9-15-19)20-16-10-5-11-17-20;/h3-17,21H,2H2,1H3;. The minimum atomic E-state index is -1.90. The van der Waals surface area contributed by atoms with Gasteiger partial charge < -0.3 is 0 Å². The van der Waals surface area contributed by atoms with Gasteiger partial charge in [0.25, 0.3) is 0 Å². The summed E-state index contributed by atoms with van der Waals surface area (Å²) in [6.45, 7) is 2.33. The fraction of sp³-hybridized carbons (Fsp3) is 0.100. The van der Waals surface area contributed by atoms with Crippen molar-refractivity contribution in [2.45, 2.75) is 6.92 Å². The fourth-order valence-electron chi connectivity index (χ4n) is 3.28. The summed E-state index contributed by atoms with van der Waals surface area (Å²) < 4.78 is 0. The van der Waals surface area contributed by atoms with Gasteiger partial charge in [0.15, 0.2) is 0 Å². The molecule has 0 heterocycles. The molecule has 0 nitrogen and oxygen atoms in total. The maximum Gasteiger partial charge on any atom is 0 e. The van der Waals surface area contributed by atoms with Gasteiger partial charge in [0.1, 0.15) is 0 Å². The molecule has 3 rings (SSSR count). The van der Waals surface area contributed by atoms with E-state index in [4.69, 9.17) is 0 Å². The average molecular weight is 414 g/mol. The quantitative estimate of drug-likeness (QED) is 0.454. The van der Waals surface area contributed by atoms with Crippen LogP contribution in [0.25, 0.3) is 0 Å². The van der Waals surface area contributed by atoms with E-state index in [0.29, 0.717) is 0 Å². The van der Waals surface area contributed by atoms with E-state index >= 15 is 0 Å². The van der Waals surface area contributed by atoms with Crippen molar-refractivity contribution < 1.29 is 0 Å². The first-order chi connectivity index (χ1) is 10.4. The summed E-state index contributed by atoms with van der Waals surface area (Å²) in [6, 6.07) is 33.1. The molecular weight excluding hydrogens is 393 g/mol. The van der Waals surface area contributed by atoms with Crippen LogP contribution in [0.5, 0.6) is 0 Å². The van der Waals surface area contributed by atoms with Crippen molar-refractivity contribution in [2.24, 2.45) is 0 Å². The van der Waals surface area contributed by atoms with Crippen LogP contribution in [0.3, 0.4) is 0 Å². The Bertz CT molecular complexity index is 584. The summed E-state index contributed by atoms with van der Waals surface area (Å²) in [7, 11) is -1.90. The molecule has 3 aromatic carbocycles. The summed E-state index contributed by atoms with van der Waals surface area (Å²) in [5.74, 6) is 0. The zero-order valence-electron chi connectivity index (χ0n) is 12.8. The first-order valence-electron chi connectivity index (χ1n) is 7.54. The predicted octanol–water partition coefficient (Wildman–Crippen LogP) is 3.35. The molecule has 0 unspecified atom stereocenters. The summed E-state index contributed by atoms with van der Waals surface area (Å²) >= 11 is 0. The molecule has 22 heavy (non-hydrogen) atoms. The normalized spacial score (nSPS) is 11.5. The molecule has 0 aliphatic rings. The Labute approximate surface area is 151 Å². The molecule has 0 atom stereocenters. The van der Waals surface area contributed by atoms with Crippen LogP contribution >= 0.6 is 7.26 Å². The Kier molecular flexibility index (Phi) is 6.24. The maximum absolute atomic E-state index is 2.33. The Morgan fingerprint density at radius 1 is 0.545 bits per heavy atom. The van der Waals surface area contributed by atoms with Gasteiger partial charge in [-0.05, 0) is 0 Å². The molecule has 0 bridgehead atoms. The molecule has 2 heteroatoms. The number of hydrogen-bond acceptors (Lipinski definition) is 0. The van der Waals surface area contributed by atoms with Gasteiger partial charge >= 0.3 is 127 Å². The third-order valence-electron chi connectivity index (χ3n) is 4.33. The molecule has 0 saturated heterocycles. The van der Waals surface area contributed by atoms with Crippen molar-refractivity contribution >= 4 is 47.6 Å². The second-order valence-corrected chi connectivity index (χ2v) is 9.61. The Balaban J connectivity index is 0.00000176. The average Bonchev–Trinajstić information content (AvgIpc) is 2.59. The van der Waals surface area contributed by atoms with E-state index in [-0.39, 0.29) is 24.4 Å². The predicted molar refractivity (Wildman–Crippen MR) is 103 cm³/mol. The van der Waals surface area contributed by atoms with Crippen LogP contribution in [-0.2, 0) is 0 Å². The van der Waals surface area contributed by atoms with Gasteiger partial charge in [0, 0.05) is 24.4 Å². The van der Waals surface area contributed by atoms with E-state index < -0.39 is 7.26 Å². The number of hydrogen-bond donors (Lipinski definition) is 0. The van der Waals surface area contributed by atoms with Crippen LogP contribution in [0.4, 0.5) is 0 Å². The van der Waals surface area contributed by atoms with Crippen molar-refractivity contribution in [3.05, 3.63) is 91.0 Å². The molecule has 3 radical (unpaired) electrons. The van der Waals surface area contributed by atoms with E-state index in [9.17, 15) is 0 Å². The van der Waals surface area contributed by atoms with Gasteiger partial charge in [-0.25, -0.2) is 0 Å². The largest absolute Gasteiger partial charge is 0 e. The van der Waals surface area contributed by atoms with Gasteiger partial charge in [-0.2, -0.15) is 0 Å². The van der Waals surface area contributed by atoms with E-state index in [0.717, 1.165) is 0 Å². The third-order valence-corrected chi connectivity index (χ3v) is 9.35. The minimum Gasteiger partial charge on any atom is 0 e. The molecule has 3 aromatic rings. The fourth-order valence-corrected chi connectivity index (χ4v) is 7.79. The molecule has 0 saturated carbocycles. The number of benzene rings is 3. The van der Waals surface area contributed by atoms with E-state index in [1.54, 1.807) is 0 Å². The zero-order valence-corrected chi connectivity index (χ0v) is 16.4. The second kappa shape index (κ2) is 7.96. The van der Waals surface area contributed by atoms with Crippen LogP contribution in [0, 0.1) is 0 Å². The van der Waals surface area contributed by atoms with Crippen LogP contribution in [0.2, 0.25) is 0 Å². The van der Waals surface area contributed by atoms with Crippen LogP contribution in [0.1, 0.15) is 6.92 Å². The third kappa shape index (κ3) is 3.15. The molecule has 0 fully saturated rings. The summed E-state index contributed by atoms with van der Waals surface area (Å²) in [4.78, 5) is 0. The molecule has 0 N–H and O–H groups in total. The van der Waals surface area contributed by atoms with Crippen LogP contribution < -0.4 is 15.9 Å². The van der Waals surface area contributed by atoms with Gasteiger partial charge in [0.05, 0.1) is 0 Å². The molecule has 0 amide bonds. The van der Waals surface area contributed by atoms with E-state index in [1.807, 2.05) is 0 Å². The SMILES string of the molecule is CC[PH](c1ccccc1)(c1ccccc1)c1ccccc1.[Sb]. The molecule has 0 aromatic heterocycles. The van der Waals surface area contributed by atoms with Gasteiger partial charge in [0.2, 0.25) is 0 Å². The second-order valence-electron chi connectivity index (χ2n) is 5.36. The Morgan fingerprint density at radius 3 is 1.05 bits per heavy atom. The zero-order chi connectivity index (χ0) is 14.5. The van der Waals surface area contributed by atoms with Crippen molar-refractivity contribution in [3.63, 3.8) is 0 Å². The van der Waals surface area contributed by atoms with Gasteiger partial charge in [-0.15, -0.1) is 0 Å². The van der Waals surface area contributed by atoms with Gasteiger partial charge in [-0.1, -0.05) is 0 Å².